The molecule has 0 bridgehead atoms. The molecule has 4 heteroatoms. The van der Waals surface area contributed by atoms with Crippen LogP contribution in [0.5, 0.6) is 11.5 Å². The van der Waals surface area contributed by atoms with Crippen molar-refractivity contribution in [2.45, 2.75) is 32.5 Å². The lowest BCUT2D eigenvalue weighted by atomic mass is 10.1. The molecule has 0 aliphatic rings. The predicted octanol–water partition coefficient (Wildman–Crippen LogP) is 1.73. The molecule has 0 aliphatic carbocycles. The van der Waals surface area contributed by atoms with E-state index in [0.717, 1.165) is 5.56 Å². The SMILES string of the molecule is CCC(C)(O)COc1cc(CO)ccc1OC. The molecule has 0 amide bonds. The highest BCUT2D eigenvalue weighted by Crippen LogP contribution is 2.29. The minimum atomic E-state index is -0.861. The van der Waals surface area contributed by atoms with Crippen LogP contribution in [0.4, 0.5) is 0 Å². The number of hydrogen-bond acceptors (Lipinski definition) is 4. The summed E-state index contributed by atoms with van der Waals surface area (Å²) in [6, 6.07) is 5.22. The molecule has 17 heavy (non-hydrogen) atoms. The standard InChI is InChI=1S/C13H20O4/c1-4-13(2,15)9-17-12-7-10(8-14)5-6-11(12)16-3/h5-7,14-15H,4,8-9H2,1-3H3. The summed E-state index contributed by atoms with van der Waals surface area (Å²) in [4.78, 5) is 0. The van der Waals surface area contributed by atoms with E-state index in [1.807, 2.05) is 6.92 Å². The summed E-state index contributed by atoms with van der Waals surface area (Å²) in [5.41, 5.74) is -0.114. The third kappa shape index (κ3) is 3.91. The lowest BCUT2D eigenvalue weighted by Crippen LogP contribution is -2.31. The van der Waals surface area contributed by atoms with Crippen LogP contribution in [-0.4, -0.2) is 29.5 Å². The Bertz CT molecular complexity index is 360. The lowest BCUT2D eigenvalue weighted by Gasteiger charge is -2.22. The van der Waals surface area contributed by atoms with Gasteiger partial charge in [-0.05, 0) is 31.0 Å². The van der Waals surface area contributed by atoms with Crippen LogP contribution in [0.3, 0.4) is 0 Å². The van der Waals surface area contributed by atoms with Crippen molar-refractivity contribution in [3.05, 3.63) is 23.8 Å². The van der Waals surface area contributed by atoms with Crippen LogP contribution in [0.25, 0.3) is 0 Å². The molecule has 4 nitrogen and oxygen atoms in total. The molecule has 0 aliphatic heterocycles. The number of aliphatic hydroxyl groups excluding tert-OH is 1. The predicted molar refractivity (Wildman–Crippen MR) is 65.3 cm³/mol. The van der Waals surface area contributed by atoms with Crippen molar-refractivity contribution >= 4 is 0 Å². The first-order chi connectivity index (χ1) is 8.02. The normalized spacial score (nSPS) is 14.2. The smallest absolute Gasteiger partial charge is 0.161 e. The highest BCUT2D eigenvalue weighted by molar-refractivity contribution is 5.42. The maximum absolute atomic E-state index is 9.86. The van der Waals surface area contributed by atoms with Crippen LogP contribution in [0.2, 0.25) is 0 Å². The largest absolute Gasteiger partial charge is 0.493 e. The molecule has 0 saturated carbocycles. The Kier molecular flexibility index (Phi) is 4.78. The van der Waals surface area contributed by atoms with E-state index in [1.165, 1.54) is 0 Å². The average molecular weight is 240 g/mol. The summed E-state index contributed by atoms with van der Waals surface area (Å²) in [7, 11) is 1.55. The third-order valence-electron chi connectivity index (χ3n) is 2.71. The third-order valence-corrected chi connectivity index (χ3v) is 2.71. The molecular weight excluding hydrogens is 220 g/mol. The van der Waals surface area contributed by atoms with Gasteiger partial charge in [0.15, 0.2) is 11.5 Å². The van der Waals surface area contributed by atoms with Gasteiger partial charge in [-0.3, -0.25) is 0 Å². The summed E-state index contributed by atoms with van der Waals surface area (Å²) < 4.78 is 10.7. The van der Waals surface area contributed by atoms with Crippen LogP contribution in [0.1, 0.15) is 25.8 Å². The van der Waals surface area contributed by atoms with Crippen molar-refractivity contribution in [3.8, 4) is 11.5 Å². The van der Waals surface area contributed by atoms with Gasteiger partial charge in [0.2, 0.25) is 0 Å². The molecule has 0 spiro atoms. The minimum absolute atomic E-state index is 0.0511. The molecule has 1 atom stereocenters. The van der Waals surface area contributed by atoms with Gasteiger partial charge >= 0.3 is 0 Å². The fraction of sp³-hybridized carbons (Fsp3) is 0.538. The molecule has 0 fully saturated rings. The first-order valence-corrected chi connectivity index (χ1v) is 5.65. The Morgan fingerprint density at radius 1 is 1.29 bits per heavy atom. The highest BCUT2D eigenvalue weighted by Gasteiger charge is 2.19. The van der Waals surface area contributed by atoms with Gasteiger partial charge in [0.1, 0.15) is 6.61 Å². The van der Waals surface area contributed by atoms with Gasteiger partial charge in [-0.2, -0.15) is 0 Å². The molecule has 0 heterocycles. The topological polar surface area (TPSA) is 58.9 Å². The zero-order chi connectivity index (χ0) is 12.9. The van der Waals surface area contributed by atoms with Crippen molar-refractivity contribution in [2.75, 3.05) is 13.7 Å². The highest BCUT2D eigenvalue weighted by atomic mass is 16.5. The van der Waals surface area contributed by atoms with Gasteiger partial charge in [-0.25, -0.2) is 0 Å². The quantitative estimate of drug-likeness (QED) is 0.795. The van der Waals surface area contributed by atoms with Crippen molar-refractivity contribution in [1.82, 2.24) is 0 Å². The number of rotatable bonds is 6. The Morgan fingerprint density at radius 2 is 2.00 bits per heavy atom. The number of ether oxygens (including phenoxy) is 2. The Hall–Kier alpha value is -1.26. The first kappa shape index (κ1) is 13.8. The second kappa shape index (κ2) is 5.89. The Labute approximate surface area is 102 Å². The molecule has 0 saturated heterocycles. The van der Waals surface area contributed by atoms with E-state index in [1.54, 1.807) is 32.2 Å². The summed E-state index contributed by atoms with van der Waals surface area (Å²) in [6.45, 7) is 3.75. The molecule has 1 aromatic rings. The number of aliphatic hydroxyl groups is 2. The Morgan fingerprint density at radius 3 is 2.53 bits per heavy atom. The summed E-state index contributed by atoms with van der Waals surface area (Å²) in [5.74, 6) is 1.13. The van der Waals surface area contributed by atoms with Crippen LogP contribution in [-0.2, 0) is 6.61 Å². The number of benzene rings is 1. The lowest BCUT2D eigenvalue weighted by molar-refractivity contribution is 0.00771. The van der Waals surface area contributed by atoms with Gasteiger partial charge in [-0.1, -0.05) is 13.0 Å². The van der Waals surface area contributed by atoms with Crippen LogP contribution < -0.4 is 9.47 Å². The summed E-state index contributed by atoms with van der Waals surface area (Å²) in [5, 5.41) is 18.9. The van der Waals surface area contributed by atoms with Gasteiger partial charge in [0.25, 0.3) is 0 Å². The zero-order valence-corrected chi connectivity index (χ0v) is 10.6. The van der Waals surface area contributed by atoms with E-state index in [0.29, 0.717) is 17.9 Å². The molecule has 1 aromatic carbocycles. The van der Waals surface area contributed by atoms with Crippen molar-refractivity contribution in [1.29, 1.82) is 0 Å². The maximum atomic E-state index is 9.86. The van der Waals surface area contributed by atoms with E-state index in [2.05, 4.69) is 0 Å². The van der Waals surface area contributed by atoms with Crippen LogP contribution in [0.15, 0.2) is 18.2 Å². The Balaban J connectivity index is 2.81. The minimum Gasteiger partial charge on any atom is -0.493 e. The van der Waals surface area contributed by atoms with Crippen molar-refractivity contribution in [2.24, 2.45) is 0 Å². The molecule has 0 aromatic heterocycles. The molecule has 1 unspecified atom stereocenters. The molecule has 2 N–H and O–H groups in total. The van der Waals surface area contributed by atoms with Crippen LogP contribution >= 0.6 is 0 Å². The van der Waals surface area contributed by atoms with Gasteiger partial charge in [0, 0.05) is 0 Å². The van der Waals surface area contributed by atoms with E-state index in [9.17, 15) is 5.11 Å². The second-order valence-corrected chi connectivity index (χ2v) is 4.28. The monoisotopic (exact) mass is 240 g/mol. The van der Waals surface area contributed by atoms with Crippen LogP contribution in [0, 0.1) is 0 Å². The fourth-order valence-electron chi connectivity index (χ4n) is 1.27. The van der Waals surface area contributed by atoms with Crippen molar-refractivity contribution < 1.29 is 19.7 Å². The average Bonchev–Trinajstić information content (AvgIpc) is 2.36. The molecule has 96 valence electrons. The summed E-state index contributed by atoms with van der Waals surface area (Å²) in [6.07, 6.45) is 0.606. The van der Waals surface area contributed by atoms with Gasteiger partial charge in [-0.15, -0.1) is 0 Å². The van der Waals surface area contributed by atoms with Gasteiger partial charge < -0.3 is 19.7 Å². The molecule has 0 radical (unpaired) electrons. The van der Waals surface area contributed by atoms with E-state index in [4.69, 9.17) is 14.6 Å². The van der Waals surface area contributed by atoms with E-state index < -0.39 is 5.60 Å². The van der Waals surface area contributed by atoms with E-state index in [-0.39, 0.29) is 13.2 Å². The summed E-state index contributed by atoms with van der Waals surface area (Å²) >= 11 is 0. The zero-order valence-electron chi connectivity index (χ0n) is 10.6. The maximum Gasteiger partial charge on any atom is 0.161 e. The van der Waals surface area contributed by atoms with E-state index >= 15 is 0 Å². The number of methoxy groups -OCH3 is 1. The van der Waals surface area contributed by atoms with Crippen molar-refractivity contribution in [3.63, 3.8) is 0 Å². The first-order valence-electron chi connectivity index (χ1n) is 5.65. The van der Waals surface area contributed by atoms with Gasteiger partial charge in [0.05, 0.1) is 19.3 Å². The fourth-order valence-corrected chi connectivity index (χ4v) is 1.27. The second-order valence-electron chi connectivity index (χ2n) is 4.28. The molecule has 1 rings (SSSR count). The molecular formula is C13H20O4. The number of hydrogen-bond donors (Lipinski definition) is 2.